The zero-order valence-electron chi connectivity index (χ0n) is 14.1. The number of hydrogen-bond donors (Lipinski definition) is 3. The van der Waals surface area contributed by atoms with Crippen molar-refractivity contribution in [2.24, 2.45) is 0 Å². The van der Waals surface area contributed by atoms with Crippen molar-refractivity contribution >= 4 is 23.5 Å². The molecule has 3 atom stereocenters. The van der Waals surface area contributed by atoms with Crippen LogP contribution in [0.25, 0.3) is 0 Å². The summed E-state index contributed by atoms with van der Waals surface area (Å²) in [4.78, 5) is 37.9. The lowest BCUT2D eigenvalue weighted by Crippen LogP contribution is -2.60. The normalized spacial score (nSPS) is 26.0. The van der Waals surface area contributed by atoms with Crippen LogP contribution in [0, 0.1) is 13.8 Å². The van der Waals surface area contributed by atoms with E-state index in [-0.39, 0.29) is 23.9 Å². The largest absolute Gasteiger partial charge is 0.343 e. The number of nitrogens with one attached hydrogen (secondary N) is 3. The first-order chi connectivity index (χ1) is 11.3. The number of piperazine rings is 1. The summed E-state index contributed by atoms with van der Waals surface area (Å²) < 4.78 is 0. The molecule has 0 saturated carbocycles. The summed E-state index contributed by atoms with van der Waals surface area (Å²) in [6, 6.07) is 4.26. The molecule has 0 spiro atoms. The van der Waals surface area contributed by atoms with Gasteiger partial charge in [-0.2, -0.15) is 0 Å². The monoisotopic (exact) mass is 330 g/mol. The van der Waals surface area contributed by atoms with E-state index in [1.54, 1.807) is 11.8 Å². The summed E-state index contributed by atoms with van der Waals surface area (Å²) in [6.45, 7) is 5.97. The van der Waals surface area contributed by atoms with Crippen LogP contribution >= 0.6 is 0 Å². The van der Waals surface area contributed by atoms with E-state index in [0.29, 0.717) is 13.0 Å². The molecule has 1 aromatic carbocycles. The molecule has 3 rings (SSSR count). The molecule has 2 heterocycles. The van der Waals surface area contributed by atoms with E-state index in [9.17, 15) is 14.4 Å². The van der Waals surface area contributed by atoms with E-state index in [4.69, 9.17) is 0 Å². The fourth-order valence-electron chi connectivity index (χ4n) is 3.45. The highest BCUT2D eigenvalue weighted by Crippen LogP contribution is 2.22. The summed E-state index contributed by atoms with van der Waals surface area (Å²) in [7, 11) is 0. The molecule has 2 aliphatic rings. The molecule has 1 aromatic rings. The Kier molecular flexibility index (Phi) is 4.17. The first-order valence-corrected chi connectivity index (χ1v) is 8.10. The third kappa shape index (κ3) is 3.20. The molecule has 0 aliphatic carbocycles. The lowest BCUT2D eigenvalue weighted by Gasteiger charge is -2.32. The van der Waals surface area contributed by atoms with Gasteiger partial charge in [0.25, 0.3) is 0 Å². The SMILES string of the molecule is Cc1cc(C)cc(NC(=O)N[C@H]2C[C@H]3C(=O)N[C@H](C)C(=O)N3C2)c1. The first kappa shape index (κ1) is 16.3. The zero-order chi connectivity index (χ0) is 17.4. The van der Waals surface area contributed by atoms with Gasteiger partial charge in [0.1, 0.15) is 12.1 Å². The second kappa shape index (κ2) is 6.14. The molecule has 0 bridgehead atoms. The summed E-state index contributed by atoms with van der Waals surface area (Å²) in [5.41, 5.74) is 2.86. The molecule has 128 valence electrons. The Morgan fingerprint density at radius 1 is 1.21 bits per heavy atom. The predicted molar refractivity (Wildman–Crippen MR) is 89.6 cm³/mol. The van der Waals surface area contributed by atoms with E-state index in [1.807, 2.05) is 32.0 Å². The van der Waals surface area contributed by atoms with Crippen LogP contribution < -0.4 is 16.0 Å². The number of nitrogens with zero attached hydrogens (tertiary/aromatic N) is 1. The van der Waals surface area contributed by atoms with Gasteiger partial charge in [0.2, 0.25) is 11.8 Å². The number of hydrogen-bond acceptors (Lipinski definition) is 3. The van der Waals surface area contributed by atoms with Crippen LogP contribution in [0.5, 0.6) is 0 Å². The smallest absolute Gasteiger partial charge is 0.319 e. The Morgan fingerprint density at radius 2 is 1.88 bits per heavy atom. The first-order valence-electron chi connectivity index (χ1n) is 8.10. The molecule has 2 aliphatic heterocycles. The second-order valence-electron chi connectivity index (χ2n) is 6.64. The fraction of sp³-hybridized carbons (Fsp3) is 0.471. The number of fused-ring (bicyclic) bond motifs is 1. The molecule has 7 nitrogen and oxygen atoms in total. The van der Waals surface area contributed by atoms with Gasteiger partial charge in [-0.1, -0.05) is 6.07 Å². The Hall–Kier alpha value is -2.57. The molecule has 2 saturated heterocycles. The summed E-state index contributed by atoms with van der Waals surface area (Å²) in [5.74, 6) is -0.250. The number of carbonyl (C=O) groups is 3. The fourth-order valence-corrected chi connectivity index (χ4v) is 3.45. The van der Waals surface area contributed by atoms with Crippen LogP contribution in [-0.2, 0) is 9.59 Å². The molecular formula is C17H22N4O3. The third-order valence-electron chi connectivity index (χ3n) is 4.43. The lowest BCUT2D eigenvalue weighted by molar-refractivity contribution is -0.146. The molecule has 7 heteroatoms. The lowest BCUT2D eigenvalue weighted by atomic mass is 10.1. The molecule has 3 N–H and O–H groups in total. The van der Waals surface area contributed by atoms with Gasteiger partial charge in [-0.3, -0.25) is 9.59 Å². The minimum absolute atomic E-state index is 0.0985. The highest BCUT2D eigenvalue weighted by molar-refractivity contribution is 5.97. The summed E-state index contributed by atoms with van der Waals surface area (Å²) in [6.07, 6.45) is 0.435. The van der Waals surface area contributed by atoms with Gasteiger partial charge < -0.3 is 20.9 Å². The van der Waals surface area contributed by atoms with Gasteiger partial charge in [0, 0.05) is 12.2 Å². The van der Waals surface area contributed by atoms with E-state index in [2.05, 4.69) is 16.0 Å². The Morgan fingerprint density at radius 3 is 2.54 bits per heavy atom. The van der Waals surface area contributed by atoms with Crippen molar-refractivity contribution in [3.63, 3.8) is 0 Å². The average Bonchev–Trinajstić information content (AvgIpc) is 2.88. The standard InChI is InChI=1S/C17H22N4O3/c1-9-4-10(2)6-12(5-9)19-17(24)20-13-7-14-15(22)18-11(3)16(23)21(14)8-13/h4-6,11,13-14H,7-8H2,1-3H3,(H,18,22)(H2,19,20,24)/t11-,13+,14+/m1/s1. The predicted octanol–water partition coefficient (Wildman–Crippen LogP) is 0.913. The Labute approximate surface area is 140 Å². The average molecular weight is 330 g/mol. The van der Waals surface area contributed by atoms with Crippen molar-refractivity contribution in [3.05, 3.63) is 29.3 Å². The van der Waals surface area contributed by atoms with Crippen LogP contribution in [-0.4, -0.2) is 47.4 Å². The molecule has 0 unspecified atom stereocenters. The Balaban J connectivity index is 1.62. The zero-order valence-corrected chi connectivity index (χ0v) is 14.1. The molecule has 4 amide bonds. The highest BCUT2D eigenvalue weighted by Gasteiger charge is 2.45. The van der Waals surface area contributed by atoms with Crippen LogP contribution in [0.2, 0.25) is 0 Å². The van der Waals surface area contributed by atoms with Crippen molar-refractivity contribution in [1.29, 1.82) is 0 Å². The van der Waals surface area contributed by atoms with E-state index in [1.165, 1.54) is 0 Å². The van der Waals surface area contributed by atoms with Crippen LogP contribution in [0.1, 0.15) is 24.5 Å². The molecular weight excluding hydrogens is 308 g/mol. The number of carbonyl (C=O) groups excluding carboxylic acids is 3. The number of amides is 4. The van der Waals surface area contributed by atoms with Crippen molar-refractivity contribution < 1.29 is 14.4 Å². The maximum atomic E-state index is 12.2. The highest BCUT2D eigenvalue weighted by atomic mass is 16.2. The van der Waals surface area contributed by atoms with Crippen LogP contribution in [0.4, 0.5) is 10.5 Å². The van der Waals surface area contributed by atoms with Gasteiger partial charge >= 0.3 is 6.03 Å². The summed E-state index contributed by atoms with van der Waals surface area (Å²) >= 11 is 0. The van der Waals surface area contributed by atoms with Crippen molar-refractivity contribution in [2.45, 2.75) is 45.3 Å². The quantitative estimate of drug-likeness (QED) is 0.753. The van der Waals surface area contributed by atoms with Crippen LogP contribution in [0.3, 0.4) is 0 Å². The summed E-state index contributed by atoms with van der Waals surface area (Å²) in [5, 5.41) is 8.33. The number of rotatable bonds is 2. The van der Waals surface area contributed by atoms with Gasteiger partial charge in [0.15, 0.2) is 0 Å². The van der Waals surface area contributed by atoms with Gasteiger partial charge in [0.05, 0.1) is 6.04 Å². The molecule has 2 fully saturated rings. The maximum Gasteiger partial charge on any atom is 0.319 e. The third-order valence-corrected chi connectivity index (χ3v) is 4.43. The van der Waals surface area contributed by atoms with Crippen molar-refractivity contribution in [2.75, 3.05) is 11.9 Å². The topological polar surface area (TPSA) is 90.5 Å². The number of anilines is 1. The van der Waals surface area contributed by atoms with Gasteiger partial charge in [-0.15, -0.1) is 0 Å². The molecule has 24 heavy (non-hydrogen) atoms. The molecule has 0 radical (unpaired) electrons. The van der Waals surface area contributed by atoms with E-state index >= 15 is 0 Å². The minimum Gasteiger partial charge on any atom is -0.343 e. The molecule has 0 aromatic heterocycles. The number of benzene rings is 1. The van der Waals surface area contributed by atoms with Crippen LogP contribution in [0.15, 0.2) is 18.2 Å². The minimum atomic E-state index is -0.503. The van der Waals surface area contributed by atoms with Crippen molar-refractivity contribution in [3.8, 4) is 0 Å². The number of urea groups is 1. The van der Waals surface area contributed by atoms with Gasteiger partial charge in [-0.05, 0) is 50.5 Å². The Bertz CT molecular complexity index is 683. The number of aryl methyl sites for hydroxylation is 2. The van der Waals surface area contributed by atoms with Gasteiger partial charge in [-0.25, -0.2) is 4.79 Å². The maximum absolute atomic E-state index is 12.2. The van der Waals surface area contributed by atoms with Crippen molar-refractivity contribution in [1.82, 2.24) is 15.5 Å². The van der Waals surface area contributed by atoms with E-state index < -0.39 is 12.1 Å². The second-order valence-corrected chi connectivity index (χ2v) is 6.64. The van der Waals surface area contributed by atoms with E-state index in [0.717, 1.165) is 16.8 Å².